The fourth-order valence-electron chi connectivity index (χ4n) is 1.03. The van der Waals surface area contributed by atoms with Crippen LogP contribution in [0.15, 0.2) is 18.2 Å². The Kier molecular flexibility index (Phi) is 3.32. The summed E-state index contributed by atoms with van der Waals surface area (Å²) in [5.74, 6) is 4.76. The Hall–Kier alpha value is -2.46. The number of nitrogens with zero attached hydrogens (tertiary/aromatic N) is 1. The number of hydrogen-bond acceptors (Lipinski definition) is 3. The fraction of sp³-hybridized carbons (Fsp3) is 0.0909. The standard InChI is InChI=1S/C11H9N3O/c12-7-9-8(3-1-5-10(9)13)4-2-6-11(14)15/h1,3,5H,6,13H2,(H2,14,15). The van der Waals surface area contributed by atoms with Crippen LogP contribution in [0.25, 0.3) is 0 Å². The maximum absolute atomic E-state index is 10.4. The number of rotatable bonds is 1. The van der Waals surface area contributed by atoms with E-state index in [1.54, 1.807) is 18.2 Å². The van der Waals surface area contributed by atoms with Gasteiger partial charge in [-0.05, 0) is 12.1 Å². The highest BCUT2D eigenvalue weighted by Crippen LogP contribution is 2.14. The summed E-state index contributed by atoms with van der Waals surface area (Å²) in [6.07, 6.45) is -0.0281. The molecule has 4 nitrogen and oxygen atoms in total. The summed E-state index contributed by atoms with van der Waals surface area (Å²) < 4.78 is 0. The Morgan fingerprint density at radius 1 is 1.47 bits per heavy atom. The lowest BCUT2D eigenvalue weighted by Crippen LogP contribution is -2.08. The predicted octanol–water partition coefficient (Wildman–Crippen LogP) is 0.367. The van der Waals surface area contributed by atoms with Crippen LogP contribution in [-0.2, 0) is 4.79 Å². The van der Waals surface area contributed by atoms with E-state index in [4.69, 9.17) is 16.7 Å². The van der Waals surface area contributed by atoms with Crippen LogP contribution in [0.1, 0.15) is 17.5 Å². The first-order valence-electron chi connectivity index (χ1n) is 4.21. The number of nitrogens with two attached hydrogens (primary N) is 2. The molecule has 0 aromatic heterocycles. The molecule has 0 spiro atoms. The third kappa shape index (κ3) is 2.75. The molecule has 1 aromatic carbocycles. The summed E-state index contributed by atoms with van der Waals surface area (Å²) in [5, 5.41) is 8.82. The SMILES string of the molecule is N#Cc1c(N)cccc1C#CCC(N)=O. The average molecular weight is 199 g/mol. The van der Waals surface area contributed by atoms with Gasteiger partial charge in [0.1, 0.15) is 6.07 Å². The summed E-state index contributed by atoms with van der Waals surface area (Å²) in [4.78, 5) is 10.4. The van der Waals surface area contributed by atoms with Crippen molar-refractivity contribution in [1.82, 2.24) is 0 Å². The summed E-state index contributed by atoms with van der Waals surface area (Å²) in [5.41, 5.74) is 11.7. The van der Waals surface area contributed by atoms with Crippen LogP contribution in [0.5, 0.6) is 0 Å². The van der Waals surface area contributed by atoms with Gasteiger partial charge in [0.05, 0.1) is 17.7 Å². The largest absolute Gasteiger partial charge is 0.398 e. The highest BCUT2D eigenvalue weighted by atomic mass is 16.1. The molecule has 0 saturated heterocycles. The van der Waals surface area contributed by atoms with Crippen LogP contribution in [-0.4, -0.2) is 5.91 Å². The maximum Gasteiger partial charge on any atom is 0.229 e. The summed E-state index contributed by atoms with van der Waals surface area (Å²) >= 11 is 0. The number of anilines is 1. The third-order valence-electron chi connectivity index (χ3n) is 1.69. The smallest absolute Gasteiger partial charge is 0.229 e. The first-order valence-corrected chi connectivity index (χ1v) is 4.21. The Bertz CT molecular complexity index is 489. The molecule has 1 aromatic rings. The molecule has 74 valence electrons. The van der Waals surface area contributed by atoms with E-state index in [2.05, 4.69) is 11.8 Å². The molecular formula is C11H9N3O. The molecule has 0 unspecified atom stereocenters. The summed E-state index contributed by atoms with van der Waals surface area (Å²) in [6.45, 7) is 0. The minimum atomic E-state index is -0.495. The molecule has 0 aliphatic heterocycles. The van der Waals surface area contributed by atoms with E-state index in [9.17, 15) is 4.79 Å². The zero-order chi connectivity index (χ0) is 11.3. The topological polar surface area (TPSA) is 92.9 Å². The Morgan fingerprint density at radius 3 is 2.80 bits per heavy atom. The Morgan fingerprint density at radius 2 is 2.20 bits per heavy atom. The summed E-state index contributed by atoms with van der Waals surface area (Å²) in [6, 6.07) is 6.95. The van der Waals surface area contributed by atoms with Crippen LogP contribution in [0, 0.1) is 23.2 Å². The quantitative estimate of drug-likeness (QED) is 0.505. The number of amides is 1. The number of nitriles is 1. The number of carbonyl (C=O) groups excluding carboxylic acids is 1. The molecule has 0 heterocycles. The van der Waals surface area contributed by atoms with E-state index in [-0.39, 0.29) is 6.42 Å². The number of primary amides is 1. The van der Waals surface area contributed by atoms with Crippen LogP contribution < -0.4 is 11.5 Å². The molecule has 0 aliphatic carbocycles. The van der Waals surface area contributed by atoms with Gasteiger partial charge in [-0.15, -0.1) is 0 Å². The van der Waals surface area contributed by atoms with E-state index < -0.39 is 5.91 Å². The monoisotopic (exact) mass is 199 g/mol. The van der Waals surface area contributed by atoms with Crippen LogP contribution in [0.3, 0.4) is 0 Å². The molecule has 1 rings (SSSR count). The second-order valence-corrected chi connectivity index (χ2v) is 2.83. The zero-order valence-electron chi connectivity index (χ0n) is 7.95. The van der Waals surface area contributed by atoms with Crippen molar-refractivity contribution in [1.29, 1.82) is 5.26 Å². The molecule has 4 N–H and O–H groups in total. The first kappa shape index (κ1) is 10.6. The van der Waals surface area contributed by atoms with Crippen molar-refractivity contribution in [2.24, 2.45) is 5.73 Å². The molecule has 0 bridgehead atoms. The van der Waals surface area contributed by atoms with E-state index in [0.29, 0.717) is 16.8 Å². The van der Waals surface area contributed by atoms with E-state index in [0.717, 1.165) is 0 Å². The lowest BCUT2D eigenvalue weighted by molar-refractivity contribution is -0.117. The first-order chi connectivity index (χ1) is 7.15. The number of benzene rings is 1. The third-order valence-corrected chi connectivity index (χ3v) is 1.69. The van der Waals surface area contributed by atoms with E-state index in [1.807, 2.05) is 6.07 Å². The van der Waals surface area contributed by atoms with Gasteiger partial charge < -0.3 is 11.5 Å². The van der Waals surface area contributed by atoms with Crippen molar-refractivity contribution >= 4 is 11.6 Å². The molecule has 0 saturated carbocycles. The van der Waals surface area contributed by atoms with Gasteiger partial charge in [-0.25, -0.2) is 0 Å². The van der Waals surface area contributed by atoms with Gasteiger partial charge in [0.25, 0.3) is 0 Å². The molecule has 1 amide bonds. The van der Waals surface area contributed by atoms with Crippen LogP contribution in [0.2, 0.25) is 0 Å². The Balaban J connectivity index is 3.04. The molecule has 0 aliphatic rings. The summed E-state index contributed by atoms with van der Waals surface area (Å²) in [7, 11) is 0. The second-order valence-electron chi connectivity index (χ2n) is 2.83. The Labute approximate surface area is 87.5 Å². The van der Waals surface area contributed by atoms with Gasteiger partial charge >= 0.3 is 0 Å². The fourth-order valence-corrected chi connectivity index (χ4v) is 1.03. The van der Waals surface area contributed by atoms with Crippen molar-refractivity contribution in [3.63, 3.8) is 0 Å². The predicted molar refractivity (Wildman–Crippen MR) is 56.3 cm³/mol. The van der Waals surface area contributed by atoms with Crippen molar-refractivity contribution in [2.45, 2.75) is 6.42 Å². The minimum Gasteiger partial charge on any atom is -0.398 e. The number of nitrogen functional groups attached to an aromatic ring is 1. The van der Waals surface area contributed by atoms with Gasteiger partial charge in [-0.1, -0.05) is 17.9 Å². The lowest BCUT2D eigenvalue weighted by atomic mass is 10.1. The number of carbonyl (C=O) groups is 1. The molecule has 0 fully saturated rings. The highest BCUT2D eigenvalue weighted by Gasteiger charge is 2.01. The van der Waals surface area contributed by atoms with Crippen molar-refractivity contribution in [3.8, 4) is 17.9 Å². The van der Waals surface area contributed by atoms with E-state index in [1.165, 1.54) is 0 Å². The normalized spacial score (nSPS) is 8.47. The van der Waals surface area contributed by atoms with Crippen molar-refractivity contribution < 1.29 is 4.79 Å². The molecule has 0 radical (unpaired) electrons. The van der Waals surface area contributed by atoms with Gasteiger partial charge in [0.2, 0.25) is 5.91 Å². The maximum atomic E-state index is 10.4. The molecule has 4 heteroatoms. The van der Waals surface area contributed by atoms with Crippen molar-refractivity contribution in [2.75, 3.05) is 5.73 Å². The molecule has 0 atom stereocenters. The van der Waals surface area contributed by atoms with Gasteiger partial charge in [0, 0.05) is 5.56 Å². The average Bonchev–Trinajstić information content (AvgIpc) is 2.17. The molecule has 15 heavy (non-hydrogen) atoms. The van der Waals surface area contributed by atoms with Gasteiger partial charge in [-0.3, -0.25) is 4.79 Å². The minimum absolute atomic E-state index is 0.0281. The van der Waals surface area contributed by atoms with Crippen LogP contribution >= 0.6 is 0 Å². The van der Waals surface area contributed by atoms with Crippen LogP contribution in [0.4, 0.5) is 5.69 Å². The van der Waals surface area contributed by atoms with Crippen molar-refractivity contribution in [3.05, 3.63) is 29.3 Å². The zero-order valence-corrected chi connectivity index (χ0v) is 7.95. The van der Waals surface area contributed by atoms with E-state index >= 15 is 0 Å². The lowest BCUT2D eigenvalue weighted by Gasteiger charge is -1.98. The number of hydrogen-bond donors (Lipinski definition) is 2. The van der Waals surface area contributed by atoms with Gasteiger partial charge in [0.15, 0.2) is 0 Å². The van der Waals surface area contributed by atoms with Gasteiger partial charge in [-0.2, -0.15) is 5.26 Å². The highest BCUT2D eigenvalue weighted by molar-refractivity contribution is 5.76. The molecular weight excluding hydrogens is 190 g/mol. The second kappa shape index (κ2) is 4.69.